The highest BCUT2D eigenvalue weighted by Crippen LogP contribution is 2.32. The largest absolute Gasteiger partial charge is 0.490 e. The Bertz CT molecular complexity index is 455. The molecule has 0 saturated carbocycles. The Hall–Kier alpha value is -1.89. The number of hydrogen-bond donors (Lipinski definition) is 2. The van der Waals surface area contributed by atoms with Gasteiger partial charge in [-0.2, -0.15) is 8.78 Å². The van der Waals surface area contributed by atoms with Gasteiger partial charge in [0.25, 0.3) is 0 Å². The highest BCUT2D eigenvalue weighted by Gasteiger charge is 2.17. The van der Waals surface area contributed by atoms with E-state index in [1.54, 1.807) is 26.1 Å². The van der Waals surface area contributed by atoms with E-state index in [0.717, 1.165) is 0 Å². The number of amides is 1. The van der Waals surface area contributed by atoms with Gasteiger partial charge in [0, 0.05) is 12.5 Å². The zero-order valence-corrected chi connectivity index (χ0v) is 11.4. The van der Waals surface area contributed by atoms with E-state index >= 15 is 0 Å². The molecule has 0 spiro atoms. The summed E-state index contributed by atoms with van der Waals surface area (Å²) in [6.45, 7) is -0.883. The minimum absolute atomic E-state index is 0.0421. The van der Waals surface area contributed by atoms with Crippen LogP contribution in [0.4, 0.5) is 8.78 Å². The number of nitrogens with two attached hydrogens (primary N) is 1. The fraction of sp³-hybridized carbons (Fsp3) is 0.462. The van der Waals surface area contributed by atoms with Gasteiger partial charge in [-0.3, -0.25) is 4.79 Å². The molecule has 3 N–H and O–H groups in total. The average Bonchev–Trinajstić information content (AvgIpc) is 2.37. The lowest BCUT2D eigenvalue weighted by atomic mass is 10.0. The lowest BCUT2D eigenvalue weighted by molar-refractivity contribution is -0.118. The fourth-order valence-electron chi connectivity index (χ4n) is 1.79. The minimum atomic E-state index is -2.93. The zero-order valence-electron chi connectivity index (χ0n) is 11.4. The second kappa shape index (κ2) is 7.64. The Kier molecular flexibility index (Phi) is 6.17. The Balaban J connectivity index is 3.03. The van der Waals surface area contributed by atoms with Crippen LogP contribution in [0.15, 0.2) is 18.2 Å². The summed E-state index contributed by atoms with van der Waals surface area (Å²) in [7, 11) is 1.68. The van der Waals surface area contributed by atoms with Gasteiger partial charge in [0.05, 0.1) is 6.61 Å². The summed E-state index contributed by atoms with van der Waals surface area (Å²) in [6.07, 6.45) is 0.0944. The van der Waals surface area contributed by atoms with E-state index < -0.39 is 12.5 Å². The van der Waals surface area contributed by atoms with Crippen molar-refractivity contribution >= 4 is 5.91 Å². The highest BCUT2D eigenvalue weighted by atomic mass is 19.3. The number of alkyl halides is 2. The SMILES string of the molecule is CCOc1cc(C(CC(N)=O)NC)ccc1OC(F)F. The first-order valence-electron chi connectivity index (χ1n) is 6.15. The first-order valence-corrected chi connectivity index (χ1v) is 6.15. The third kappa shape index (κ3) is 4.65. The van der Waals surface area contributed by atoms with Crippen molar-refractivity contribution < 1.29 is 23.0 Å². The molecule has 0 aliphatic rings. The van der Waals surface area contributed by atoms with Crippen LogP contribution >= 0.6 is 0 Å². The molecule has 1 rings (SSSR count). The molecule has 0 aromatic heterocycles. The maximum atomic E-state index is 12.3. The summed E-state index contributed by atoms with van der Waals surface area (Å²) in [4.78, 5) is 11.0. The molecule has 0 heterocycles. The molecule has 1 aromatic carbocycles. The Morgan fingerprint density at radius 2 is 2.10 bits per heavy atom. The van der Waals surface area contributed by atoms with E-state index in [9.17, 15) is 13.6 Å². The van der Waals surface area contributed by atoms with Gasteiger partial charge in [-0.1, -0.05) is 6.07 Å². The van der Waals surface area contributed by atoms with Crippen LogP contribution in [-0.4, -0.2) is 26.2 Å². The van der Waals surface area contributed by atoms with Gasteiger partial charge >= 0.3 is 6.61 Å². The van der Waals surface area contributed by atoms with Crippen molar-refractivity contribution in [2.24, 2.45) is 5.73 Å². The molecule has 112 valence electrons. The van der Waals surface area contributed by atoms with Crippen LogP contribution in [-0.2, 0) is 4.79 Å². The second-order valence-electron chi connectivity index (χ2n) is 4.03. The first-order chi connectivity index (χ1) is 9.47. The normalized spacial score (nSPS) is 12.2. The lowest BCUT2D eigenvalue weighted by Gasteiger charge is -2.18. The molecule has 7 heteroatoms. The molecule has 0 aliphatic carbocycles. The van der Waals surface area contributed by atoms with Crippen molar-refractivity contribution in [1.82, 2.24) is 5.32 Å². The molecule has 0 radical (unpaired) electrons. The number of rotatable bonds is 8. The van der Waals surface area contributed by atoms with Gasteiger partial charge in [-0.15, -0.1) is 0 Å². The highest BCUT2D eigenvalue weighted by molar-refractivity contribution is 5.74. The van der Waals surface area contributed by atoms with Crippen LogP contribution in [0, 0.1) is 0 Å². The van der Waals surface area contributed by atoms with Crippen LogP contribution in [0.3, 0.4) is 0 Å². The van der Waals surface area contributed by atoms with Crippen LogP contribution in [0.2, 0.25) is 0 Å². The van der Waals surface area contributed by atoms with E-state index in [2.05, 4.69) is 10.1 Å². The van der Waals surface area contributed by atoms with Gasteiger partial charge in [0.15, 0.2) is 11.5 Å². The number of hydrogen-bond acceptors (Lipinski definition) is 4. The standard InChI is InChI=1S/C13H18F2N2O3/c1-3-19-11-6-8(9(17-2)7-12(16)18)4-5-10(11)20-13(14)15/h4-6,9,13,17H,3,7H2,1-2H3,(H2,16,18). The number of halogens is 2. The van der Waals surface area contributed by atoms with Gasteiger partial charge in [0.2, 0.25) is 5.91 Å². The van der Waals surface area contributed by atoms with Crippen molar-refractivity contribution in [2.45, 2.75) is 26.0 Å². The molecule has 1 aromatic rings. The Labute approximate surface area is 116 Å². The number of primary amides is 1. The number of carbonyl (C=O) groups excluding carboxylic acids is 1. The Morgan fingerprint density at radius 1 is 1.40 bits per heavy atom. The van der Waals surface area contributed by atoms with Gasteiger partial charge in [-0.25, -0.2) is 0 Å². The quantitative estimate of drug-likeness (QED) is 0.765. The number of benzene rings is 1. The summed E-state index contributed by atoms with van der Waals surface area (Å²) in [5, 5.41) is 2.93. The van der Waals surface area contributed by atoms with Crippen LogP contribution in [0.25, 0.3) is 0 Å². The van der Waals surface area contributed by atoms with Crippen molar-refractivity contribution in [3.8, 4) is 11.5 Å². The van der Waals surface area contributed by atoms with Crippen molar-refractivity contribution in [3.05, 3.63) is 23.8 Å². The first kappa shape index (κ1) is 16.2. The van der Waals surface area contributed by atoms with Gasteiger partial charge < -0.3 is 20.5 Å². The smallest absolute Gasteiger partial charge is 0.387 e. The van der Waals surface area contributed by atoms with Crippen LogP contribution in [0.1, 0.15) is 24.9 Å². The molecule has 0 fully saturated rings. The maximum absolute atomic E-state index is 12.3. The summed E-state index contributed by atoms with van der Waals surface area (Å²) in [6, 6.07) is 4.22. The van der Waals surface area contributed by atoms with Crippen LogP contribution in [0.5, 0.6) is 11.5 Å². The minimum Gasteiger partial charge on any atom is -0.490 e. The molecule has 0 saturated heterocycles. The van der Waals surface area contributed by atoms with E-state index in [1.165, 1.54) is 6.07 Å². The predicted octanol–water partition coefficient (Wildman–Crippen LogP) is 1.82. The molecule has 1 atom stereocenters. The van der Waals surface area contributed by atoms with Crippen molar-refractivity contribution in [2.75, 3.05) is 13.7 Å². The molecule has 1 unspecified atom stereocenters. The monoisotopic (exact) mass is 288 g/mol. The third-order valence-corrected chi connectivity index (χ3v) is 2.64. The van der Waals surface area contributed by atoms with E-state index in [1.807, 2.05) is 0 Å². The summed E-state index contributed by atoms with van der Waals surface area (Å²) in [5.41, 5.74) is 5.87. The van der Waals surface area contributed by atoms with Gasteiger partial charge in [-0.05, 0) is 31.7 Å². The Morgan fingerprint density at radius 3 is 2.60 bits per heavy atom. The average molecular weight is 288 g/mol. The fourth-order valence-corrected chi connectivity index (χ4v) is 1.79. The predicted molar refractivity (Wildman–Crippen MR) is 69.9 cm³/mol. The summed E-state index contributed by atoms with van der Waals surface area (Å²) >= 11 is 0. The molecule has 0 aliphatic heterocycles. The topological polar surface area (TPSA) is 73.6 Å². The number of ether oxygens (including phenoxy) is 2. The third-order valence-electron chi connectivity index (χ3n) is 2.64. The van der Waals surface area contributed by atoms with E-state index in [-0.39, 0.29) is 24.0 Å². The molecule has 20 heavy (non-hydrogen) atoms. The number of nitrogens with one attached hydrogen (secondary N) is 1. The lowest BCUT2D eigenvalue weighted by Crippen LogP contribution is -2.23. The van der Waals surface area contributed by atoms with E-state index in [0.29, 0.717) is 12.2 Å². The molecular weight excluding hydrogens is 270 g/mol. The van der Waals surface area contributed by atoms with Gasteiger partial charge in [0.1, 0.15) is 0 Å². The zero-order chi connectivity index (χ0) is 15.1. The molecule has 0 bridgehead atoms. The van der Waals surface area contributed by atoms with Crippen LogP contribution < -0.4 is 20.5 Å². The molecular formula is C13H18F2N2O3. The van der Waals surface area contributed by atoms with E-state index in [4.69, 9.17) is 10.5 Å². The van der Waals surface area contributed by atoms with Crippen molar-refractivity contribution in [1.29, 1.82) is 0 Å². The molecule has 5 nitrogen and oxygen atoms in total. The molecule has 1 amide bonds. The summed E-state index contributed by atoms with van der Waals surface area (Å²) < 4.78 is 34.2. The van der Waals surface area contributed by atoms with Crippen molar-refractivity contribution in [3.63, 3.8) is 0 Å². The second-order valence-corrected chi connectivity index (χ2v) is 4.03. The maximum Gasteiger partial charge on any atom is 0.387 e. The summed E-state index contributed by atoms with van der Waals surface area (Å²) in [5.74, 6) is -0.301. The number of carbonyl (C=O) groups is 1.